The Morgan fingerprint density at radius 2 is 2.10 bits per heavy atom. The van der Waals surface area contributed by atoms with E-state index < -0.39 is 6.09 Å². The number of fused-ring (bicyclic) bond motifs is 2. The zero-order chi connectivity index (χ0) is 13.9. The Hall–Kier alpha value is -1.59. The van der Waals surface area contributed by atoms with Gasteiger partial charge in [0.15, 0.2) is 0 Å². The molecule has 2 bridgehead atoms. The molecule has 2 heterocycles. The van der Waals surface area contributed by atoms with Crippen molar-refractivity contribution >= 4 is 6.09 Å². The Morgan fingerprint density at radius 3 is 2.75 bits per heavy atom. The Bertz CT molecular complexity index is 464. The number of carbonyl (C=O) groups is 1. The zero-order valence-electron chi connectivity index (χ0n) is 11.2. The minimum atomic E-state index is -0.969. The van der Waals surface area contributed by atoms with Crippen molar-refractivity contribution in [1.82, 2.24) is 5.32 Å². The average molecular weight is 277 g/mol. The fraction of sp³-hybridized carbons (Fsp3) is 0.533. The topological polar surface area (TPSA) is 67.8 Å². The fourth-order valence-corrected chi connectivity index (χ4v) is 3.14. The monoisotopic (exact) mass is 277 g/mol. The van der Waals surface area contributed by atoms with Crippen molar-refractivity contribution in [2.75, 3.05) is 6.61 Å². The number of ether oxygens (including phenoxy) is 2. The van der Waals surface area contributed by atoms with Crippen LogP contribution < -0.4 is 5.32 Å². The third-order valence-corrected chi connectivity index (χ3v) is 4.10. The number of hydrogen-bond acceptors (Lipinski definition) is 3. The van der Waals surface area contributed by atoms with Crippen molar-refractivity contribution in [1.29, 1.82) is 0 Å². The van der Waals surface area contributed by atoms with Crippen LogP contribution in [0.2, 0.25) is 0 Å². The molecule has 1 aromatic carbocycles. The summed E-state index contributed by atoms with van der Waals surface area (Å²) in [6, 6.07) is 10.0. The van der Waals surface area contributed by atoms with Crippen LogP contribution in [0.4, 0.5) is 4.79 Å². The Labute approximate surface area is 117 Å². The number of rotatable bonds is 5. The molecule has 4 atom stereocenters. The summed E-state index contributed by atoms with van der Waals surface area (Å²) in [7, 11) is 0. The van der Waals surface area contributed by atoms with Gasteiger partial charge in [0.25, 0.3) is 0 Å². The summed E-state index contributed by atoms with van der Waals surface area (Å²) in [6.07, 6.45) is 0.817. The van der Waals surface area contributed by atoms with Crippen LogP contribution in [-0.2, 0) is 16.1 Å². The molecule has 1 amide bonds. The third kappa shape index (κ3) is 2.94. The predicted octanol–water partition coefficient (Wildman–Crippen LogP) is 2.02. The summed E-state index contributed by atoms with van der Waals surface area (Å²) < 4.78 is 11.6. The maximum Gasteiger partial charge on any atom is 0.404 e. The lowest BCUT2D eigenvalue weighted by molar-refractivity contribution is 0.0448. The number of carboxylic acid groups (broad SMARTS) is 1. The lowest BCUT2D eigenvalue weighted by atomic mass is 9.86. The van der Waals surface area contributed by atoms with Gasteiger partial charge in [0, 0.05) is 5.92 Å². The Balaban J connectivity index is 1.42. The van der Waals surface area contributed by atoms with Gasteiger partial charge in [-0.25, -0.2) is 4.79 Å². The molecular weight excluding hydrogens is 258 g/mol. The van der Waals surface area contributed by atoms with Gasteiger partial charge < -0.3 is 19.9 Å². The van der Waals surface area contributed by atoms with Crippen molar-refractivity contribution in [3.05, 3.63) is 35.9 Å². The molecule has 1 aromatic rings. The number of amides is 1. The molecule has 5 nitrogen and oxygen atoms in total. The van der Waals surface area contributed by atoms with Gasteiger partial charge in [0.1, 0.15) is 0 Å². The third-order valence-electron chi connectivity index (χ3n) is 4.10. The van der Waals surface area contributed by atoms with E-state index in [1.54, 1.807) is 0 Å². The van der Waals surface area contributed by atoms with Crippen molar-refractivity contribution < 1.29 is 19.4 Å². The summed E-state index contributed by atoms with van der Waals surface area (Å²) in [5, 5.41) is 11.3. The van der Waals surface area contributed by atoms with E-state index in [-0.39, 0.29) is 18.2 Å². The van der Waals surface area contributed by atoms with Gasteiger partial charge in [-0.1, -0.05) is 30.3 Å². The molecule has 108 valence electrons. The summed E-state index contributed by atoms with van der Waals surface area (Å²) >= 11 is 0. The molecule has 0 saturated carbocycles. The molecule has 0 radical (unpaired) electrons. The number of hydrogen-bond donors (Lipinski definition) is 2. The SMILES string of the molecule is O=C(O)NC1CC2OC1CC2COCc1ccccc1. The van der Waals surface area contributed by atoms with E-state index in [0.29, 0.717) is 19.1 Å². The first-order chi connectivity index (χ1) is 9.72. The molecule has 2 fully saturated rings. The molecule has 0 aliphatic carbocycles. The molecule has 2 saturated heterocycles. The average Bonchev–Trinajstić information content (AvgIpc) is 2.99. The van der Waals surface area contributed by atoms with Crippen LogP contribution in [0.3, 0.4) is 0 Å². The van der Waals surface area contributed by atoms with E-state index in [1.165, 1.54) is 5.56 Å². The minimum Gasteiger partial charge on any atom is -0.465 e. The van der Waals surface area contributed by atoms with Gasteiger partial charge >= 0.3 is 6.09 Å². The lowest BCUT2D eigenvalue weighted by Crippen LogP contribution is -2.42. The fourth-order valence-electron chi connectivity index (χ4n) is 3.14. The smallest absolute Gasteiger partial charge is 0.404 e. The quantitative estimate of drug-likeness (QED) is 0.864. The Kier molecular flexibility index (Phi) is 3.89. The first-order valence-electron chi connectivity index (χ1n) is 6.99. The van der Waals surface area contributed by atoms with Crippen molar-refractivity contribution in [2.45, 2.75) is 37.7 Å². The Morgan fingerprint density at radius 1 is 1.30 bits per heavy atom. The van der Waals surface area contributed by atoms with Crippen LogP contribution in [0, 0.1) is 5.92 Å². The van der Waals surface area contributed by atoms with Crippen LogP contribution in [0.25, 0.3) is 0 Å². The van der Waals surface area contributed by atoms with Crippen LogP contribution in [0.1, 0.15) is 18.4 Å². The lowest BCUT2D eigenvalue weighted by Gasteiger charge is -2.24. The summed E-state index contributed by atoms with van der Waals surface area (Å²) in [4.78, 5) is 10.7. The highest BCUT2D eigenvalue weighted by atomic mass is 16.5. The summed E-state index contributed by atoms with van der Waals surface area (Å²) in [5.41, 5.74) is 1.17. The second kappa shape index (κ2) is 5.81. The van der Waals surface area contributed by atoms with E-state index in [0.717, 1.165) is 12.8 Å². The van der Waals surface area contributed by atoms with E-state index >= 15 is 0 Å². The molecule has 0 spiro atoms. The number of benzene rings is 1. The minimum absolute atomic E-state index is 0.0152. The maximum atomic E-state index is 10.7. The van der Waals surface area contributed by atoms with Gasteiger partial charge in [-0.3, -0.25) is 0 Å². The normalized spacial score (nSPS) is 31.4. The van der Waals surface area contributed by atoms with Crippen LogP contribution in [-0.4, -0.2) is 36.1 Å². The van der Waals surface area contributed by atoms with Crippen molar-refractivity contribution in [2.24, 2.45) is 5.92 Å². The molecule has 4 unspecified atom stereocenters. The van der Waals surface area contributed by atoms with Gasteiger partial charge in [-0.05, 0) is 18.4 Å². The van der Waals surface area contributed by atoms with Crippen LogP contribution in [0.5, 0.6) is 0 Å². The van der Waals surface area contributed by atoms with E-state index in [9.17, 15) is 4.79 Å². The van der Waals surface area contributed by atoms with Gasteiger partial charge in [-0.15, -0.1) is 0 Å². The molecule has 2 aliphatic heterocycles. The maximum absolute atomic E-state index is 10.7. The molecule has 5 heteroatoms. The molecule has 2 N–H and O–H groups in total. The van der Waals surface area contributed by atoms with Crippen LogP contribution >= 0.6 is 0 Å². The number of nitrogens with one attached hydrogen (secondary N) is 1. The standard InChI is InChI=1S/C15H19NO4/c17-15(18)16-12-7-13-11(6-14(12)20-13)9-19-8-10-4-2-1-3-5-10/h1-5,11-14,16H,6-9H2,(H,17,18). The first kappa shape index (κ1) is 13.4. The zero-order valence-corrected chi connectivity index (χ0v) is 11.2. The second-order valence-electron chi connectivity index (χ2n) is 5.50. The first-order valence-corrected chi connectivity index (χ1v) is 6.99. The second-order valence-corrected chi connectivity index (χ2v) is 5.50. The highest BCUT2D eigenvalue weighted by Gasteiger charge is 2.47. The molecule has 20 heavy (non-hydrogen) atoms. The van der Waals surface area contributed by atoms with Gasteiger partial charge in [-0.2, -0.15) is 0 Å². The van der Waals surface area contributed by atoms with Crippen LogP contribution in [0.15, 0.2) is 30.3 Å². The predicted molar refractivity (Wildman–Crippen MR) is 72.4 cm³/mol. The molecule has 3 rings (SSSR count). The molecular formula is C15H19NO4. The van der Waals surface area contributed by atoms with Gasteiger partial charge in [0.2, 0.25) is 0 Å². The molecule has 0 aromatic heterocycles. The summed E-state index contributed by atoms with van der Waals surface area (Å²) in [5.74, 6) is 0.385. The van der Waals surface area contributed by atoms with Crippen molar-refractivity contribution in [3.8, 4) is 0 Å². The summed E-state index contributed by atoms with van der Waals surface area (Å²) in [6.45, 7) is 1.29. The van der Waals surface area contributed by atoms with E-state index in [1.807, 2.05) is 30.3 Å². The van der Waals surface area contributed by atoms with Crippen molar-refractivity contribution in [3.63, 3.8) is 0 Å². The van der Waals surface area contributed by atoms with Gasteiger partial charge in [0.05, 0.1) is 31.5 Å². The molecule has 2 aliphatic rings. The van der Waals surface area contributed by atoms with E-state index in [2.05, 4.69) is 5.32 Å². The highest BCUT2D eigenvalue weighted by molar-refractivity contribution is 5.65. The highest BCUT2D eigenvalue weighted by Crippen LogP contribution is 2.39. The van der Waals surface area contributed by atoms with E-state index in [4.69, 9.17) is 14.6 Å². The largest absolute Gasteiger partial charge is 0.465 e.